The Bertz CT molecular complexity index is 465. The molecule has 22 heavy (non-hydrogen) atoms. The topological polar surface area (TPSA) is 78.9 Å². The number of aliphatic carboxylic acids is 1. The van der Waals surface area contributed by atoms with Gasteiger partial charge >= 0.3 is 12.0 Å². The van der Waals surface area contributed by atoms with Crippen molar-refractivity contribution >= 4 is 12.0 Å². The van der Waals surface area contributed by atoms with E-state index in [1.807, 2.05) is 0 Å². The Balaban J connectivity index is 1.60. The minimum atomic E-state index is -0.804. The van der Waals surface area contributed by atoms with Crippen LogP contribution in [0.3, 0.4) is 0 Å². The molecule has 0 bridgehead atoms. The Morgan fingerprint density at radius 2 is 2.05 bits per heavy atom. The van der Waals surface area contributed by atoms with Crippen LogP contribution in [0.2, 0.25) is 0 Å². The number of amides is 2. The highest BCUT2D eigenvalue weighted by atomic mass is 16.5. The van der Waals surface area contributed by atoms with Gasteiger partial charge in [0.2, 0.25) is 0 Å². The van der Waals surface area contributed by atoms with Crippen LogP contribution in [0.1, 0.15) is 39.5 Å². The third-order valence-electron chi connectivity index (χ3n) is 5.67. The van der Waals surface area contributed by atoms with Crippen LogP contribution in [-0.4, -0.2) is 53.8 Å². The maximum absolute atomic E-state index is 12.5. The quantitative estimate of drug-likeness (QED) is 0.813. The molecular formula is C16H26N2O4. The molecule has 3 aliphatic rings. The summed E-state index contributed by atoms with van der Waals surface area (Å²) in [6, 6.07) is 0.00329. The van der Waals surface area contributed by atoms with Crippen molar-refractivity contribution in [3.8, 4) is 0 Å². The molecule has 4 atom stereocenters. The van der Waals surface area contributed by atoms with Crippen molar-refractivity contribution in [1.29, 1.82) is 0 Å². The predicted molar refractivity (Wildman–Crippen MR) is 80.5 cm³/mol. The third-order valence-corrected chi connectivity index (χ3v) is 5.67. The van der Waals surface area contributed by atoms with Gasteiger partial charge in [-0.25, -0.2) is 4.79 Å². The Kier molecular flexibility index (Phi) is 4.05. The van der Waals surface area contributed by atoms with Gasteiger partial charge < -0.3 is 20.1 Å². The van der Waals surface area contributed by atoms with Gasteiger partial charge in [-0.1, -0.05) is 13.8 Å². The van der Waals surface area contributed by atoms with Crippen LogP contribution in [0.5, 0.6) is 0 Å². The summed E-state index contributed by atoms with van der Waals surface area (Å²) in [4.78, 5) is 25.3. The van der Waals surface area contributed by atoms with Gasteiger partial charge in [-0.05, 0) is 25.7 Å². The Labute approximate surface area is 131 Å². The molecule has 0 spiro atoms. The molecule has 4 unspecified atom stereocenters. The van der Waals surface area contributed by atoms with Crippen LogP contribution in [0, 0.1) is 17.3 Å². The van der Waals surface area contributed by atoms with Crippen LogP contribution in [0.15, 0.2) is 0 Å². The van der Waals surface area contributed by atoms with Gasteiger partial charge in [0.1, 0.15) is 0 Å². The summed E-state index contributed by atoms with van der Waals surface area (Å²) >= 11 is 0. The largest absolute Gasteiger partial charge is 0.481 e. The first kappa shape index (κ1) is 15.6. The van der Waals surface area contributed by atoms with E-state index in [-0.39, 0.29) is 23.6 Å². The molecule has 2 amide bonds. The highest BCUT2D eigenvalue weighted by Crippen LogP contribution is 2.51. The number of urea groups is 1. The number of nitrogens with one attached hydrogen (secondary N) is 1. The second-order valence-electron chi connectivity index (χ2n) is 7.47. The predicted octanol–water partition coefficient (Wildman–Crippen LogP) is 1.70. The van der Waals surface area contributed by atoms with E-state index >= 15 is 0 Å². The highest BCUT2D eigenvalue weighted by molar-refractivity contribution is 5.77. The molecule has 124 valence electrons. The van der Waals surface area contributed by atoms with Gasteiger partial charge in [-0.15, -0.1) is 0 Å². The first-order valence-electron chi connectivity index (χ1n) is 8.31. The second-order valence-corrected chi connectivity index (χ2v) is 7.47. The molecule has 2 aliphatic heterocycles. The standard InChI is InChI=1S/C16H26N2O4/c1-16(2)12(11-6-4-8-22-13(11)16)17-15(21)18-7-3-5-10(9-18)14(19)20/h10-13H,3-9H2,1-2H3,(H,17,21)(H,19,20). The Morgan fingerprint density at radius 3 is 2.77 bits per heavy atom. The first-order chi connectivity index (χ1) is 10.4. The lowest BCUT2D eigenvalue weighted by molar-refractivity contribution is -0.189. The number of likely N-dealkylation sites (tertiary alicyclic amines) is 1. The van der Waals surface area contributed by atoms with E-state index in [0.29, 0.717) is 25.4 Å². The summed E-state index contributed by atoms with van der Waals surface area (Å²) in [7, 11) is 0. The SMILES string of the molecule is CC1(C)C(NC(=O)N2CCCC(C(=O)O)C2)C2CCCOC21. The van der Waals surface area contributed by atoms with Gasteiger partial charge in [-0.3, -0.25) is 4.79 Å². The van der Waals surface area contributed by atoms with E-state index in [1.165, 1.54) is 0 Å². The normalized spacial score (nSPS) is 36.9. The van der Waals surface area contributed by atoms with E-state index in [9.17, 15) is 9.59 Å². The Hall–Kier alpha value is -1.30. The van der Waals surface area contributed by atoms with Crippen molar-refractivity contribution in [1.82, 2.24) is 10.2 Å². The molecule has 2 saturated heterocycles. The molecule has 3 fully saturated rings. The van der Waals surface area contributed by atoms with E-state index in [4.69, 9.17) is 9.84 Å². The van der Waals surface area contributed by atoms with Crippen molar-refractivity contribution < 1.29 is 19.4 Å². The minimum Gasteiger partial charge on any atom is -0.481 e. The molecule has 6 heteroatoms. The lowest BCUT2D eigenvalue weighted by atomic mass is 9.55. The third kappa shape index (κ3) is 2.57. The molecule has 1 saturated carbocycles. The fourth-order valence-electron chi connectivity index (χ4n) is 4.40. The van der Waals surface area contributed by atoms with Crippen LogP contribution < -0.4 is 5.32 Å². The van der Waals surface area contributed by atoms with Crippen molar-refractivity contribution in [2.24, 2.45) is 17.3 Å². The molecule has 1 aliphatic carbocycles. The van der Waals surface area contributed by atoms with E-state index < -0.39 is 11.9 Å². The van der Waals surface area contributed by atoms with Crippen molar-refractivity contribution in [3.63, 3.8) is 0 Å². The average molecular weight is 310 g/mol. The van der Waals surface area contributed by atoms with E-state index in [0.717, 1.165) is 25.9 Å². The van der Waals surface area contributed by atoms with E-state index in [1.54, 1.807) is 4.90 Å². The Morgan fingerprint density at radius 1 is 1.27 bits per heavy atom. The summed E-state index contributed by atoms with van der Waals surface area (Å²) in [5.74, 6) is -0.838. The van der Waals surface area contributed by atoms with Crippen LogP contribution in [-0.2, 0) is 9.53 Å². The zero-order valence-electron chi connectivity index (χ0n) is 13.4. The number of piperidine rings is 1. The fraction of sp³-hybridized carbons (Fsp3) is 0.875. The van der Waals surface area contributed by atoms with Gasteiger partial charge in [0.15, 0.2) is 0 Å². The summed E-state index contributed by atoms with van der Waals surface area (Å²) in [6.45, 7) is 6.06. The summed E-state index contributed by atoms with van der Waals surface area (Å²) in [5, 5.41) is 12.3. The van der Waals surface area contributed by atoms with Gasteiger partial charge in [0, 0.05) is 37.1 Å². The van der Waals surface area contributed by atoms with Crippen molar-refractivity contribution in [2.45, 2.75) is 51.7 Å². The lowest BCUT2D eigenvalue weighted by Crippen LogP contribution is -2.71. The van der Waals surface area contributed by atoms with Crippen molar-refractivity contribution in [2.75, 3.05) is 19.7 Å². The molecule has 0 aromatic carbocycles. The number of carbonyl (C=O) groups excluding carboxylic acids is 1. The van der Waals surface area contributed by atoms with Gasteiger partial charge in [0.05, 0.1) is 12.0 Å². The maximum atomic E-state index is 12.5. The molecule has 3 rings (SSSR count). The van der Waals surface area contributed by atoms with Crippen LogP contribution >= 0.6 is 0 Å². The number of carboxylic acids is 1. The number of carboxylic acid groups (broad SMARTS) is 1. The van der Waals surface area contributed by atoms with Crippen molar-refractivity contribution in [3.05, 3.63) is 0 Å². The summed E-state index contributed by atoms with van der Waals surface area (Å²) < 4.78 is 5.86. The number of fused-ring (bicyclic) bond motifs is 1. The minimum absolute atomic E-state index is 0.0528. The maximum Gasteiger partial charge on any atom is 0.317 e. The first-order valence-corrected chi connectivity index (χ1v) is 8.31. The number of hydrogen-bond acceptors (Lipinski definition) is 3. The molecule has 6 nitrogen and oxygen atoms in total. The number of nitrogens with zero attached hydrogens (tertiary/aromatic N) is 1. The molecule has 0 aromatic rings. The zero-order chi connectivity index (χ0) is 15.9. The number of carbonyl (C=O) groups is 2. The lowest BCUT2D eigenvalue weighted by Gasteiger charge is -2.60. The molecular weight excluding hydrogens is 284 g/mol. The average Bonchev–Trinajstić information content (AvgIpc) is 2.52. The van der Waals surface area contributed by atoms with Crippen LogP contribution in [0.4, 0.5) is 4.79 Å². The van der Waals surface area contributed by atoms with E-state index in [2.05, 4.69) is 19.2 Å². The molecule has 0 radical (unpaired) electrons. The van der Waals surface area contributed by atoms with Gasteiger partial charge in [0.25, 0.3) is 0 Å². The van der Waals surface area contributed by atoms with Crippen LogP contribution in [0.25, 0.3) is 0 Å². The number of hydrogen-bond donors (Lipinski definition) is 2. The summed E-state index contributed by atoms with van der Waals surface area (Å²) in [5.41, 5.74) is -0.0528. The summed E-state index contributed by atoms with van der Waals surface area (Å²) in [6.07, 6.45) is 3.80. The highest BCUT2D eigenvalue weighted by Gasteiger charge is 2.58. The monoisotopic (exact) mass is 310 g/mol. The number of ether oxygens (including phenoxy) is 1. The second kappa shape index (κ2) is 5.72. The zero-order valence-corrected chi connectivity index (χ0v) is 13.4. The van der Waals surface area contributed by atoms with Gasteiger partial charge in [-0.2, -0.15) is 0 Å². The molecule has 0 aromatic heterocycles. The smallest absolute Gasteiger partial charge is 0.317 e. The number of rotatable bonds is 2. The molecule has 2 N–H and O–H groups in total. The fourth-order valence-corrected chi connectivity index (χ4v) is 4.40. The molecule has 2 heterocycles.